The summed E-state index contributed by atoms with van der Waals surface area (Å²) >= 11 is 7.55. The molecule has 0 radical (unpaired) electrons. The first-order chi connectivity index (χ1) is 13.0. The number of benzene rings is 1. The largest absolute Gasteiger partial charge is 0.372 e. The van der Waals surface area contributed by atoms with Gasteiger partial charge in [-0.2, -0.15) is 0 Å². The third-order valence-electron chi connectivity index (χ3n) is 4.72. The van der Waals surface area contributed by atoms with Gasteiger partial charge in [-0.15, -0.1) is 17.9 Å². The summed E-state index contributed by atoms with van der Waals surface area (Å²) in [7, 11) is 0. The van der Waals surface area contributed by atoms with Crippen molar-refractivity contribution >= 4 is 40.2 Å². The van der Waals surface area contributed by atoms with E-state index in [1.807, 2.05) is 31.2 Å². The minimum atomic E-state index is -0.0171. The van der Waals surface area contributed by atoms with E-state index in [1.54, 1.807) is 11.3 Å². The zero-order chi connectivity index (χ0) is 19.2. The van der Waals surface area contributed by atoms with Gasteiger partial charge < -0.3 is 10.2 Å². The van der Waals surface area contributed by atoms with Gasteiger partial charge in [0.15, 0.2) is 0 Å². The molecule has 27 heavy (non-hydrogen) atoms. The Morgan fingerprint density at radius 3 is 2.74 bits per heavy atom. The lowest BCUT2D eigenvalue weighted by Gasteiger charge is -2.21. The van der Waals surface area contributed by atoms with Crippen LogP contribution in [0.4, 0.5) is 11.4 Å². The number of hydrogen-bond donors (Lipinski definition) is 1. The molecule has 3 rings (SSSR count). The van der Waals surface area contributed by atoms with E-state index in [2.05, 4.69) is 33.8 Å². The van der Waals surface area contributed by atoms with Crippen LogP contribution in [-0.4, -0.2) is 37.0 Å². The zero-order valence-corrected chi connectivity index (χ0v) is 17.3. The molecule has 1 aromatic heterocycles. The van der Waals surface area contributed by atoms with Crippen molar-refractivity contribution in [2.45, 2.75) is 26.3 Å². The molecule has 1 saturated heterocycles. The predicted octanol–water partition coefficient (Wildman–Crippen LogP) is 4.94. The first kappa shape index (κ1) is 19.9. The summed E-state index contributed by atoms with van der Waals surface area (Å²) in [5.74, 6) is -0.0171. The van der Waals surface area contributed by atoms with E-state index in [0.717, 1.165) is 33.6 Å². The van der Waals surface area contributed by atoms with E-state index in [-0.39, 0.29) is 5.91 Å². The summed E-state index contributed by atoms with van der Waals surface area (Å²) in [5.41, 5.74) is 3.21. The van der Waals surface area contributed by atoms with Gasteiger partial charge in [0.1, 0.15) is 0 Å². The lowest BCUT2D eigenvalue weighted by atomic mass is 10.1. The number of carbonyl (C=O) groups is 1. The number of aryl methyl sites for hydroxylation is 1. The second-order valence-corrected chi connectivity index (χ2v) is 8.71. The molecule has 0 saturated carbocycles. The molecular formula is C21H26ClN3OS. The van der Waals surface area contributed by atoms with E-state index in [9.17, 15) is 4.79 Å². The second-order valence-electron chi connectivity index (χ2n) is 6.91. The van der Waals surface area contributed by atoms with Crippen LogP contribution in [0.15, 0.2) is 43.0 Å². The number of thiophene rings is 1. The van der Waals surface area contributed by atoms with Gasteiger partial charge in [0.05, 0.1) is 10.9 Å². The summed E-state index contributed by atoms with van der Waals surface area (Å²) in [5, 5.41) is 3.05. The minimum Gasteiger partial charge on any atom is -0.372 e. The fourth-order valence-corrected chi connectivity index (χ4v) is 4.51. The fourth-order valence-electron chi connectivity index (χ4n) is 3.38. The van der Waals surface area contributed by atoms with Crippen molar-refractivity contribution in [1.29, 1.82) is 0 Å². The van der Waals surface area contributed by atoms with Crippen LogP contribution in [-0.2, 0) is 11.3 Å². The summed E-state index contributed by atoms with van der Waals surface area (Å²) in [6, 6.07) is 10.2. The molecular weight excluding hydrogens is 378 g/mol. The van der Waals surface area contributed by atoms with Gasteiger partial charge in [-0.3, -0.25) is 9.69 Å². The molecule has 0 atom stereocenters. The van der Waals surface area contributed by atoms with Crippen LogP contribution in [0.2, 0.25) is 4.34 Å². The maximum Gasteiger partial charge on any atom is 0.238 e. The monoisotopic (exact) mass is 403 g/mol. The molecule has 1 aromatic carbocycles. The van der Waals surface area contributed by atoms with Crippen molar-refractivity contribution in [2.24, 2.45) is 0 Å². The average Bonchev–Trinajstić information content (AvgIpc) is 3.29. The summed E-state index contributed by atoms with van der Waals surface area (Å²) in [6.45, 7) is 9.73. The van der Waals surface area contributed by atoms with Crippen LogP contribution < -0.4 is 10.2 Å². The van der Waals surface area contributed by atoms with Gasteiger partial charge in [0.25, 0.3) is 0 Å². The Kier molecular flexibility index (Phi) is 6.94. The summed E-state index contributed by atoms with van der Waals surface area (Å²) in [4.78, 5) is 18.2. The highest BCUT2D eigenvalue weighted by molar-refractivity contribution is 7.16. The molecule has 1 aliphatic heterocycles. The lowest BCUT2D eigenvalue weighted by molar-refractivity contribution is -0.117. The minimum absolute atomic E-state index is 0.0171. The Balaban J connectivity index is 1.60. The average molecular weight is 404 g/mol. The van der Waals surface area contributed by atoms with E-state index < -0.39 is 0 Å². The second kappa shape index (κ2) is 9.40. The number of anilines is 2. The quantitative estimate of drug-likeness (QED) is 0.634. The van der Waals surface area contributed by atoms with Gasteiger partial charge in [0.2, 0.25) is 5.91 Å². The Morgan fingerprint density at radius 1 is 1.33 bits per heavy atom. The van der Waals surface area contributed by atoms with E-state index in [4.69, 9.17) is 11.6 Å². The van der Waals surface area contributed by atoms with Crippen molar-refractivity contribution in [3.63, 3.8) is 0 Å². The van der Waals surface area contributed by atoms with Crippen LogP contribution in [0, 0.1) is 6.92 Å². The number of nitrogens with zero attached hydrogens (tertiary/aromatic N) is 2. The molecule has 1 fully saturated rings. The van der Waals surface area contributed by atoms with Crippen LogP contribution >= 0.6 is 22.9 Å². The highest BCUT2D eigenvalue weighted by Gasteiger charge is 2.15. The summed E-state index contributed by atoms with van der Waals surface area (Å²) < 4.78 is 0.765. The third-order valence-corrected chi connectivity index (χ3v) is 5.93. The Morgan fingerprint density at radius 2 is 2.11 bits per heavy atom. The van der Waals surface area contributed by atoms with Crippen molar-refractivity contribution < 1.29 is 4.79 Å². The van der Waals surface area contributed by atoms with Crippen LogP contribution in [0.3, 0.4) is 0 Å². The molecule has 1 N–H and O–H groups in total. The number of amides is 1. The van der Waals surface area contributed by atoms with Gasteiger partial charge in [0, 0.05) is 42.4 Å². The number of carbonyl (C=O) groups excluding carboxylic acids is 1. The zero-order valence-electron chi connectivity index (χ0n) is 15.7. The molecule has 1 aliphatic rings. The van der Waals surface area contributed by atoms with E-state index >= 15 is 0 Å². The van der Waals surface area contributed by atoms with E-state index in [1.165, 1.54) is 18.5 Å². The van der Waals surface area contributed by atoms with Gasteiger partial charge in [-0.05, 0) is 55.7 Å². The maximum atomic E-state index is 12.6. The first-order valence-corrected chi connectivity index (χ1v) is 10.5. The Bertz CT molecular complexity index is 798. The third kappa shape index (κ3) is 5.58. The SMILES string of the molecule is C=CCN(CC(=O)Nc1ccc(N2CCCC2)cc1C)Cc1ccc(Cl)s1. The molecule has 2 heterocycles. The summed E-state index contributed by atoms with van der Waals surface area (Å²) in [6.07, 6.45) is 4.33. The Hall–Kier alpha value is -1.82. The maximum absolute atomic E-state index is 12.6. The van der Waals surface area contributed by atoms with Gasteiger partial charge >= 0.3 is 0 Å². The fraction of sp³-hybridized carbons (Fsp3) is 0.381. The van der Waals surface area contributed by atoms with E-state index in [0.29, 0.717) is 19.6 Å². The van der Waals surface area contributed by atoms with Crippen molar-refractivity contribution in [3.8, 4) is 0 Å². The number of hydrogen-bond acceptors (Lipinski definition) is 4. The molecule has 2 aromatic rings. The van der Waals surface area contributed by atoms with Crippen LogP contribution in [0.25, 0.3) is 0 Å². The lowest BCUT2D eigenvalue weighted by Crippen LogP contribution is -2.33. The molecule has 144 valence electrons. The van der Waals surface area contributed by atoms with Crippen LogP contribution in [0.1, 0.15) is 23.3 Å². The molecule has 0 bridgehead atoms. The molecule has 4 nitrogen and oxygen atoms in total. The highest BCUT2D eigenvalue weighted by atomic mass is 35.5. The van der Waals surface area contributed by atoms with Gasteiger partial charge in [-0.25, -0.2) is 0 Å². The predicted molar refractivity (Wildman–Crippen MR) is 116 cm³/mol. The topological polar surface area (TPSA) is 35.6 Å². The highest BCUT2D eigenvalue weighted by Crippen LogP contribution is 2.26. The van der Waals surface area contributed by atoms with Crippen molar-refractivity contribution in [1.82, 2.24) is 4.90 Å². The van der Waals surface area contributed by atoms with Crippen LogP contribution in [0.5, 0.6) is 0 Å². The van der Waals surface area contributed by atoms with Crippen molar-refractivity contribution in [2.75, 3.05) is 36.4 Å². The number of nitrogens with one attached hydrogen (secondary N) is 1. The molecule has 0 spiro atoms. The Labute approximate surface area is 170 Å². The normalized spacial score (nSPS) is 14.0. The number of rotatable bonds is 8. The molecule has 6 heteroatoms. The molecule has 0 aliphatic carbocycles. The molecule has 0 unspecified atom stereocenters. The molecule has 1 amide bonds. The smallest absolute Gasteiger partial charge is 0.238 e. The van der Waals surface area contributed by atoms with Gasteiger partial charge in [-0.1, -0.05) is 17.7 Å². The standard InChI is InChI=1S/C21H26ClN3OS/c1-3-10-24(14-18-7-9-20(22)27-18)15-21(26)23-19-8-6-17(13-16(19)2)25-11-4-5-12-25/h3,6-9,13H,1,4-5,10-12,14-15H2,2H3,(H,23,26). The number of halogens is 1. The van der Waals surface area contributed by atoms with Crippen molar-refractivity contribution in [3.05, 3.63) is 57.8 Å². The first-order valence-electron chi connectivity index (χ1n) is 9.28.